The smallest absolute Gasteiger partial charge is 0.336 e. The van der Waals surface area contributed by atoms with Crippen LogP contribution in [0.2, 0.25) is 0 Å². The van der Waals surface area contributed by atoms with E-state index in [2.05, 4.69) is 0 Å². The minimum absolute atomic E-state index is 0.138. The monoisotopic (exact) mass is 284 g/mol. The summed E-state index contributed by atoms with van der Waals surface area (Å²) in [4.78, 5) is 23.3. The number of carboxylic acid groups (broad SMARTS) is 1. The molecule has 1 N–H and O–H groups in total. The molecule has 20 heavy (non-hydrogen) atoms. The predicted molar refractivity (Wildman–Crippen MR) is 79.7 cm³/mol. The van der Waals surface area contributed by atoms with Gasteiger partial charge < -0.3 is 5.11 Å². The molecule has 0 saturated carbocycles. The van der Waals surface area contributed by atoms with Gasteiger partial charge in [0.2, 0.25) is 5.12 Å². The van der Waals surface area contributed by atoms with Crippen molar-refractivity contribution in [3.63, 3.8) is 0 Å². The van der Waals surface area contributed by atoms with Crippen LogP contribution < -0.4 is 0 Å². The van der Waals surface area contributed by atoms with Crippen LogP contribution >= 0.6 is 11.8 Å². The van der Waals surface area contributed by atoms with E-state index >= 15 is 0 Å². The van der Waals surface area contributed by atoms with Gasteiger partial charge in [0, 0.05) is 4.90 Å². The highest BCUT2D eigenvalue weighted by molar-refractivity contribution is 8.14. The number of rotatable bonds is 4. The highest BCUT2D eigenvalue weighted by Crippen LogP contribution is 2.24. The molecule has 0 bridgehead atoms. The van der Waals surface area contributed by atoms with Crippen LogP contribution in [0.25, 0.3) is 6.08 Å². The van der Waals surface area contributed by atoms with Gasteiger partial charge in [-0.1, -0.05) is 48.5 Å². The molecule has 0 atom stereocenters. The van der Waals surface area contributed by atoms with E-state index in [1.54, 1.807) is 24.3 Å². The van der Waals surface area contributed by atoms with Crippen molar-refractivity contribution in [2.75, 3.05) is 0 Å². The number of aromatic carboxylic acids is 1. The summed E-state index contributed by atoms with van der Waals surface area (Å²) >= 11 is 0.911. The fourth-order valence-corrected chi connectivity index (χ4v) is 2.37. The van der Waals surface area contributed by atoms with Crippen LogP contribution in [0.4, 0.5) is 0 Å². The number of hydrogen-bond acceptors (Lipinski definition) is 3. The molecular weight excluding hydrogens is 272 g/mol. The average molecular weight is 284 g/mol. The molecule has 2 rings (SSSR count). The number of carbonyl (C=O) groups is 2. The maximum absolute atomic E-state index is 11.8. The molecule has 0 aliphatic carbocycles. The first-order valence-corrected chi connectivity index (χ1v) is 6.76. The second kappa shape index (κ2) is 6.73. The summed E-state index contributed by atoms with van der Waals surface area (Å²) in [6.45, 7) is 0. The lowest BCUT2D eigenvalue weighted by atomic mass is 10.2. The van der Waals surface area contributed by atoms with E-state index in [0.717, 1.165) is 17.3 Å². The molecule has 4 heteroatoms. The molecule has 0 aromatic heterocycles. The zero-order chi connectivity index (χ0) is 14.4. The molecule has 100 valence electrons. The molecule has 0 amide bonds. The van der Waals surface area contributed by atoms with E-state index in [1.807, 2.05) is 30.3 Å². The van der Waals surface area contributed by atoms with Gasteiger partial charge in [-0.05, 0) is 35.5 Å². The quantitative estimate of drug-likeness (QED) is 0.686. The lowest BCUT2D eigenvalue weighted by molar-refractivity contribution is -0.107. The van der Waals surface area contributed by atoms with Crippen molar-refractivity contribution < 1.29 is 14.7 Å². The van der Waals surface area contributed by atoms with Gasteiger partial charge in [0.15, 0.2) is 0 Å². The number of thioether (sulfide) groups is 1. The average Bonchev–Trinajstić information content (AvgIpc) is 2.46. The normalized spacial score (nSPS) is 10.6. The van der Waals surface area contributed by atoms with E-state index in [9.17, 15) is 9.59 Å². The Morgan fingerprint density at radius 3 is 2.30 bits per heavy atom. The molecule has 0 radical (unpaired) electrons. The Morgan fingerprint density at radius 2 is 1.60 bits per heavy atom. The molecule has 0 fully saturated rings. The van der Waals surface area contributed by atoms with Crippen molar-refractivity contribution in [2.24, 2.45) is 0 Å². The van der Waals surface area contributed by atoms with Gasteiger partial charge in [-0.15, -0.1) is 0 Å². The van der Waals surface area contributed by atoms with Crippen LogP contribution in [0, 0.1) is 0 Å². The Balaban J connectivity index is 2.09. The zero-order valence-corrected chi connectivity index (χ0v) is 11.3. The first-order valence-electron chi connectivity index (χ1n) is 5.94. The number of carboxylic acids is 1. The van der Waals surface area contributed by atoms with Gasteiger partial charge in [0.1, 0.15) is 0 Å². The summed E-state index contributed by atoms with van der Waals surface area (Å²) in [6.07, 6.45) is 3.15. The highest BCUT2D eigenvalue weighted by Gasteiger charge is 2.11. The maximum Gasteiger partial charge on any atom is 0.336 e. The van der Waals surface area contributed by atoms with Gasteiger partial charge in [-0.3, -0.25) is 4.79 Å². The minimum atomic E-state index is -1.03. The molecule has 0 spiro atoms. The van der Waals surface area contributed by atoms with Gasteiger partial charge in [-0.25, -0.2) is 4.79 Å². The molecule has 0 unspecified atom stereocenters. The lowest BCUT2D eigenvalue weighted by Crippen LogP contribution is -1.99. The molecule has 0 saturated heterocycles. The number of benzene rings is 2. The highest BCUT2D eigenvalue weighted by atomic mass is 32.2. The SMILES string of the molecule is O=C(C=Cc1ccccc1)Sc1ccccc1C(=O)O. The van der Waals surface area contributed by atoms with Crippen LogP contribution in [0.15, 0.2) is 65.6 Å². The fraction of sp³-hybridized carbons (Fsp3) is 0. The van der Waals surface area contributed by atoms with Crippen molar-refractivity contribution in [1.82, 2.24) is 0 Å². The molecule has 0 heterocycles. The van der Waals surface area contributed by atoms with Crippen LogP contribution in [-0.4, -0.2) is 16.2 Å². The Kier molecular flexibility index (Phi) is 4.74. The summed E-state index contributed by atoms with van der Waals surface area (Å²) in [5, 5.41) is 8.84. The molecular formula is C16H12O3S. The topological polar surface area (TPSA) is 54.4 Å². The Labute approximate surface area is 120 Å². The Hall–Kier alpha value is -2.33. The molecule has 2 aromatic rings. The Bertz CT molecular complexity index is 648. The summed E-state index contributed by atoms with van der Waals surface area (Å²) in [5.74, 6) is -1.03. The third-order valence-electron chi connectivity index (χ3n) is 2.54. The van der Waals surface area contributed by atoms with Crippen LogP contribution in [0.1, 0.15) is 15.9 Å². The van der Waals surface area contributed by atoms with Gasteiger partial charge in [0.05, 0.1) is 5.56 Å². The van der Waals surface area contributed by atoms with E-state index in [1.165, 1.54) is 12.1 Å². The molecule has 3 nitrogen and oxygen atoms in total. The third-order valence-corrected chi connectivity index (χ3v) is 3.45. The first kappa shape index (κ1) is 14.1. The third kappa shape index (κ3) is 3.83. The van der Waals surface area contributed by atoms with E-state index < -0.39 is 5.97 Å². The standard InChI is InChI=1S/C16H12O3S/c17-15(11-10-12-6-2-1-3-7-12)20-14-9-5-4-8-13(14)16(18)19/h1-11H,(H,18,19). The van der Waals surface area contributed by atoms with Crippen molar-refractivity contribution >= 4 is 28.9 Å². The minimum Gasteiger partial charge on any atom is -0.478 e. The lowest BCUT2D eigenvalue weighted by Gasteiger charge is -2.02. The van der Waals surface area contributed by atoms with E-state index in [-0.39, 0.29) is 10.7 Å². The largest absolute Gasteiger partial charge is 0.478 e. The van der Waals surface area contributed by atoms with Gasteiger partial charge in [-0.2, -0.15) is 0 Å². The second-order valence-corrected chi connectivity index (χ2v) is 5.01. The predicted octanol–water partition coefficient (Wildman–Crippen LogP) is 3.72. The summed E-state index contributed by atoms with van der Waals surface area (Å²) in [7, 11) is 0. The summed E-state index contributed by atoms with van der Waals surface area (Å²) < 4.78 is 0. The van der Waals surface area contributed by atoms with Crippen LogP contribution in [-0.2, 0) is 4.79 Å². The van der Waals surface area contributed by atoms with Crippen molar-refractivity contribution in [3.05, 3.63) is 71.8 Å². The number of carbonyl (C=O) groups excluding carboxylic acids is 1. The molecule has 2 aromatic carbocycles. The van der Waals surface area contributed by atoms with Gasteiger partial charge in [0.25, 0.3) is 0 Å². The van der Waals surface area contributed by atoms with Crippen molar-refractivity contribution in [1.29, 1.82) is 0 Å². The van der Waals surface area contributed by atoms with E-state index in [0.29, 0.717) is 4.90 Å². The van der Waals surface area contributed by atoms with Crippen molar-refractivity contribution in [2.45, 2.75) is 4.90 Å². The van der Waals surface area contributed by atoms with Crippen LogP contribution in [0.5, 0.6) is 0 Å². The molecule has 0 aliphatic heterocycles. The maximum atomic E-state index is 11.8. The van der Waals surface area contributed by atoms with Crippen molar-refractivity contribution in [3.8, 4) is 0 Å². The summed E-state index contributed by atoms with van der Waals surface area (Å²) in [5.41, 5.74) is 1.06. The van der Waals surface area contributed by atoms with Gasteiger partial charge >= 0.3 is 5.97 Å². The number of hydrogen-bond donors (Lipinski definition) is 1. The Morgan fingerprint density at radius 1 is 0.950 bits per heavy atom. The second-order valence-electron chi connectivity index (χ2n) is 3.97. The van der Waals surface area contributed by atoms with E-state index in [4.69, 9.17) is 5.11 Å². The first-order chi connectivity index (χ1) is 9.66. The molecule has 0 aliphatic rings. The fourth-order valence-electron chi connectivity index (χ4n) is 1.60. The zero-order valence-electron chi connectivity index (χ0n) is 10.5. The van der Waals surface area contributed by atoms with Crippen LogP contribution in [0.3, 0.4) is 0 Å². The summed E-state index contributed by atoms with van der Waals surface area (Å²) in [6, 6.07) is 15.9.